The van der Waals surface area contributed by atoms with Gasteiger partial charge >= 0.3 is 0 Å². The molecule has 0 bridgehead atoms. The van der Waals surface area contributed by atoms with E-state index in [0.717, 1.165) is 0 Å². The lowest BCUT2D eigenvalue weighted by molar-refractivity contribution is -0.358. The van der Waals surface area contributed by atoms with Crippen LogP contribution in [-0.2, 0) is 14.2 Å². The highest BCUT2D eigenvalue weighted by molar-refractivity contribution is 4.92. The van der Waals surface area contributed by atoms with Gasteiger partial charge in [-0.05, 0) is 6.92 Å². The van der Waals surface area contributed by atoms with Gasteiger partial charge in [0.15, 0.2) is 12.6 Å². The lowest BCUT2D eigenvalue weighted by Crippen LogP contribution is -2.63. The summed E-state index contributed by atoms with van der Waals surface area (Å²) in [6.07, 6.45) is -14.3. The van der Waals surface area contributed by atoms with Crippen molar-refractivity contribution >= 4 is 0 Å². The minimum absolute atomic E-state index is 0.619. The van der Waals surface area contributed by atoms with Gasteiger partial charge in [-0.3, -0.25) is 0 Å². The van der Waals surface area contributed by atoms with Gasteiger partial charge < -0.3 is 50.0 Å². The molecule has 130 valence electrons. The van der Waals surface area contributed by atoms with Crippen LogP contribution in [0.2, 0.25) is 0 Å². The summed E-state index contributed by atoms with van der Waals surface area (Å²) < 4.78 is 15.3. The number of aliphatic hydroxyl groups excluding tert-OH is 7. The zero-order chi connectivity index (χ0) is 16.6. The second-order valence-electron chi connectivity index (χ2n) is 5.51. The summed E-state index contributed by atoms with van der Waals surface area (Å²) in [7, 11) is 0. The Morgan fingerprint density at radius 1 is 0.818 bits per heavy atom. The standard InChI is InChI=1S/C12H22O10/c1-3-5(14)7(16)9(18)12(20-3)22-10-8(17)6(15)4(2-13)21-11(10)19/h3-19H,2H2,1H3/t3-,4+,5+,6+,7+,8-,9-,10+,11+,12-/m0/s1. The third-order valence-corrected chi connectivity index (χ3v) is 3.94. The smallest absolute Gasteiger partial charge is 0.187 e. The van der Waals surface area contributed by atoms with Crippen LogP contribution in [0.3, 0.4) is 0 Å². The fourth-order valence-corrected chi connectivity index (χ4v) is 2.50. The molecule has 0 aromatic heterocycles. The number of ether oxygens (including phenoxy) is 3. The first-order chi connectivity index (χ1) is 10.3. The zero-order valence-corrected chi connectivity index (χ0v) is 11.8. The Labute approximate surface area is 126 Å². The van der Waals surface area contributed by atoms with Crippen molar-refractivity contribution < 1.29 is 50.0 Å². The molecule has 0 aliphatic carbocycles. The summed E-state index contributed by atoms with van der Waals surface area (Å²) >= 11 is 0. The van der Waals surface area contributed by atoms with Crippen molar-refractivity contribution in [3.63, 3.8) is 0 Å². The molecule has 2 aliphatic rings. The van der Waals surface area contributed by atoms with E-state index < -0.39 is 68.0 Å². The molecule has 2 heterocycles. The summed E-state index contributed by atoms with van der Waals surface area (Å²) in [5.74, 6) is 0. The molecule has 0 aromatic carbocycles. The fourth-order valence-electron chi connectivity index (χ4n) is 2.50. The molecule has 10 nitrogen and oxygen atoms in total. The molecule has 0 unspecified atom stereocenters. The number of hydrogen-bond acceptors (Lipinski definition) is 10. The van der Waals surface area contributed by atoms with E-state index in [-0.39, 0.29) is 0 Å². The monoisotopic (exact) mass is 326 g/mol. The molecule has 0 radical (unpaired) electrons. The minimum Gasteiger partial charge on any atom is -0.394 e. The summed E-state index contributed by atoms with van der Waals surface area (Å²) in [5, 5.41) is 67.5. The average Bonchev–Trinajstić information content (AvgIpc) is 2.49. The van der Waals surface area contributed by atoms with E-state index in [4.69, 9.17) is 19.3 Å². The number of rotatable bonds is 3. The van der Waals surface area contributed by atoms with Gasteiger partial charge in [-0.25, -0.2) is 0 Å². The van der Waals surface area contributed by atoms with E-state index in [2.05, 4.69) is 0 Å². The Bertz CT molecular complexity index is 368. The number of aliphatic hydroxyl groups is 7. The van der Waals surface area contributed by atoms with E-state index in [1.807, 2.05) is 0 Å². The first-order valence-electron chi connectivity index (χ1n) is 6.93. The molecule has 0 saturated carbocycles. The zero-order valence-electron chi connectivity index (χ0n) is 11.8. The van der Waals surface area contributed by atoms with Gasteiger partial charge in [-0.1, -0.05) is 0 Å². The normalized spacial score (nSPS) is 53.5. The molecule has 2 aliphatic heterocycles. The SMILES string of the molecule is C[C@@H]1O[C@@H](O[C@@H]2[C@@H](O)[C@H](O)[C@@H](CO)O[C@H]2O)[C@@H](O)[C@H](O)[C@@H]1O. The Morgan fingerprint density at radius 3 is 2.05 bits per heavy atom. The van der Waals surface area contributed by atoms with Gasteiger partial charge in [0.05, 0.1) is 12.7 Å². The van der Waals surface area contributed by atoms with Gasteiger partial charge in [-0.15, -0.1) is 0 Å². The first kappa shape index (κ1) is 17.9. The molecule has 0 spiro atoms. The lowest BCUT2D eigenvalue weighted by atomic mass is 9.97. The molecule has 2 fully saturated rings. The maximum absolute atomic E-state index is 9.93. The second-order valence-corrected chi connectivity index (χ2v) is 5.51. The lowest BCUT2D eigenvalue weighted by Gasteiger charge is -2.44. The highest BCUT2D eigenvalue weighted by Crippen LogP contribution is 2.28. The Balaban J connectivity index is 2.06. The molecule has 2 saturated heterocycles. The maximum atomic E-state index is 9.93. The molecule has 7 N–H and O–H groups in total. The van der Waals surface area contributed by atoms with Gasteiger partial charge in [0, 0.05) is 0 Å². The van der Waals surface area contributed by atoms with E-state index in [1.165, 1.54) is 6.92 Å². The van der Waals surface area contributed by atoms with Crippen LogP contribution in [0.5, 0.6) is 0 Å². The summed E-state index contributed by atoms with van der Waals surface area (Å²) in [6.45, 7) is 0.823. The minimum atomic E-state index is -1.69. The van der Waals surface area contributed by atoms with Crippen molar-refractivity contribution in [2.45, 2.75) is 68.3 Å². The van der Waals surface area contributed by atoms with Crippen LogP contribution < -0.4 is 0 Å². The predicted molar refractivity (Wildman–Crippen MR) is 67.2 cm³/mol. The van der Waals surface area contributed by atoms with Crippen molar-refractivity contribution in [2.75, 3.05) is 6.61 Å². The first-order valence-corrected chi connectivity index (χ1v) is 6.93. The maximum Gasteiger partial charge on any atom is 0.187 e. The predicted octanol–water partition coefficient (Wildman–Crippen LogP) is -4.37. The third kappa shape index (κ3) is 3.26. The second kappa shape index (κ2) is 7.01. The Kier molecular flexibility index (Phi) is 5.72. The number of hydrogen-bond donors (Lipinski definition) is 7. The van der Waals surface area contributed by atoms with Crippen LogP contribution in [-0.4, -0.2) is 104 Å². The molecule has 10 atom stereocenters. The van der Waals surface area contributed by atoms with Crippen LogP contribution in [0.15, 0.2) is 0 Å². The molecule has 2 rings (SSSR count). The fraction of sp³-hybridized carbons (Fsp3) is 1.00. The quantitative estimate of drug-likeness (QED) is 0.269. The van der Waals surface area contributed by atoms with Crippen LogP contribution in [0.4, 0.5) is 0 Å². The van der Waals surface area contributed by atoms with E-state index >= 15 is 0 Å². The van der Waals surface area contributed by atoms with Crippen molar-refractivity contribution in [3.8, 4) is 0 Å². The van der Waals surface area contributed by atoms with Crippen LogP contribution >= 0.6 is 0 Å². The van der Waals surface area contributed by atoms with Crippen LogP contribution in [0.1, 0.15) is 6.92 Å². The molecule has 0 amide bonds. The summed E-state index contributed by atoms with van der Waals surface area (Å²) in [6, 6.07) is 0. The Hall–Kier alpha value is -0.400. The van der Waals surface area contributed by atoms with E-state index in [0.29, 0.717) is 0 Å². The van der Waals surface area contributed by atoms with Crippen LogP contribution in [0.25, 0.3) is 0 Å². The van der Waals surface area contributed by atoms with Gasteiger partial charge in [-0.2, -0.15) is 0 Å². The highest BCUT2D eigenvalue weighted by Gasteiger charge is 2.49. The molecular weight excluding hydrogens is 304 g/mol. The van der Waals surface area contributed by atoms with Crippen molar-refractivity contribution in [2.24, 2.45) is 0 Å². The van der Waals surface area contributed by atoms with Crippen molar-refractivity contribution in [3.05, 3.63) is 0 Å². The highest BCUT2D eigenvalue weighted by atomic mass is 16.7. The summed E-state index contributed by atoms with van der Waals surface area (Å²) in [4.78, 5) is 0. The van der Waals surface area contributed by atoms with E-state index in [1.54, 1.807) is 0 Å². The summed E-state index contributed by atoms with van der Waals surface area (Å²) in [5.41, 5.74) is 0. The van der Waals surface area contributed by atoms with Crippen molar-refractivity contribution in [1.82, 2.24) is 0 Å². The third-order valence-electron chi connectivity index (χ3n) is 3.94. The van der Waals surface area contributed by atoms with Crippen molar-refractivity contribution in [1.29, 1.82) is 0 Å². The van der Waals surface area contributed by atoms with Crippen LogP contribution in [0, 0.1) is 0 Å². The van der Waals surface area contributed by atoms with E-state index in [9.17, 15) is 30.6 Å². The largest absolute Gasteiger partial charge is 0.394 e. The topological polar surface area (TPSA) is 169 Å². The molecule has 22 heavy (non-hydrogen) atoms. The Morgan fingerprint density at radius 2 is 1.45 bits per heavy atom. The average molecular weight is 326 g/mol. The molecule has 0 aromatic rings. The van der Waals surface area contributed by atoms with Gasteiger partial charge in [0.1, 0.15) is 42.7 Å². The molecular formula is C12H22O10. The van der Waals surface area contributed by atoms with Gasteiger partial charge in [0.2, 0.25) is 0 Å². The molecule has 10 heteroatoms. The van der Waals surface area contributed by atoms with Gasteiger partial charge in [0.25, 0.3) is 0 Å².